The van der Waals surface area contributed by atoms with Crippen LogP contribution in [0.15, 0.2) is 6.07 Å². The molecule has 0 bridgehead atoms. The minimum Gasteiger partial charge on any atom is -0.387 e. The number of hydrogen-bond acceptors (Lipinski definition) is 6. The summed E-state index contributed by atoms with van der Waals surface area (Å²) in [5.41, 5.74) is 0.394. The number of aliphatic hydroxyl groups is 1. The number of anilines is 2. The van der Waals surface area contributed by atoms with Gasteiger partial charge in [-0.05, 0) is 12.3 Å². The molecule has 1 aromatic heterocycles. The fourth-order valence-corrected chi connectivity index (χ4v) is 3.66. The molecule has 2 aliphatic heterocycles. The van der Waals surface area contributed by atoms with E-state index in [0.29, 0.717) is 6.54 Å². The zero-order chi connectivity index (χ0) is 17.3. The van der Waals surface area contributed by atoms with Gasteiger partial charge in [-0.3, -0.25) is 0 Å². The van der Waals surface area contributed by atoms with Gasteiger partial charge < -0.3 is 19.6 Å². The zero-order valence-corrected chi connectivity index (χ0v) is 15.3. The summed E-state index contributed by atoms with van der Waals surface area (Å²) in [6.45, 7) is 13.0. The number of hydrogen-bond donors (Lipinski definition) is 1. The molecule has 0 aliphatic carbocycles. The molecule has 3 rings (SSSR count). The van der Waals surface area contributed by atoms with E-state index in [1.54, 1.807) is 0 Å². The van der Waals surface area contributed by atoms with Crippen molar-refractivity contribution in [3.63, 3.8) is 0 Å². The maximum Gasteiger partial charge on any atom is 0.227 e. The third kappa shape index (κ3) is 3.22. The van der Waals surface area contributed by atoms with Crippen LogP contribution < -0.4 is 9.80 Å². The molecule has 2 fully saturated rings. The normalized spacial score (nSPS) is 28.0. The van der Waals surface area contributed by atoms with Crippen LogP contribution in [0.5, 0.6) is 0 Å². The zero-order valence-electron chi connectivity index (χ0n) is 15.3. The van der Waals surface area contributed by atoms with Crippen LogP contribution in [0, 0.1) is 11.8 Å². The first-order chi connectivity index (χ1) is 11.4. The SMILES string of the molecule is CCc1cc(N2CC(C)C(O)(C(C)C)C2)nc(N2CCOCC2)n1. The van der Waals surface area contributed by atoms with Gasteiger partial charge in [-0.2, -0.15) is 4.98 Å². The smallest absolute Gasteiger partial charge is 0.227 e. The molecule has 6 heteroatoms. The van der Waals surface area contributed by atoms with E-state index < -0.39 is 5.60 Å². The van der Waals surface area contributed by atoms with Crippen LogP contribution in [0.4, 0.5) is 11.8 Å². The van der Waals surface area contributed by atoms with Gasteiger partial charge in [0.25, 0.3) is 0 Å². The molecule has 134 valence electrons. The summed E-state index contributed by atoms with van der Waals surface area (Å²) < 4.78 is 5.43. The van der Waals surface area contributed by atoms with E-state index in [9.17, 15) is 5.11 Å². The average molecular weight is 334 g/mol. The maximum atomic E-state index is 11.0. The minimum absolute atomic E-state index is 0.226. The number of ether oxygens (including phenoxy) is 1. The van der Waals surface area contributed by atoms with E-state index in [0.717, 1.165) is 56.7 Å². The maximum absolute atomic E-state index is 11.0. The lowest BCUT2D eigenvalue weighted by Gasteiger charge is -2.31. The second kappa shape index (κ2) is 6.84. The molecule has 2 unspecified atom stereocenters. The first kappa shape index (κ1) is 17.4. The Labute approximate surface area is 144 Å². The van der Waals surface area contributed by atoms with Crippen molar-refractivity contribution in [3.8, 4) is 0 Å². The summed E-state index contributed by atoms with van der Waals surface area (Å²) in [6.07, 6.45) is 0.880. The van der Waals surface area contributed by atoms with Gasteiger partial charge in [-0.25, -0.2) is 4.98 Å². The van der Waals surface area contributed by atoms with Crippen LogP contribution in [-0.2, 0) is 11.2 Å². The summed E-state index contributed by atoms with van der Waals surface area (Å²) in [7, 11) is 0. The second-order valence-electron chi connectivity index (χ2n) is 7.40. The van der Waals surface area contributed by atoms with Gasteiger partial charge in [0.15, 0.2) is 0 Å². The van der Waals surface area contributed by atoms with E-state index in [2.05, 4.69) is 43.6 Å². The summed E-state index contributed by atoms with van der Waals surface area (Å²) in [6, 6.07) is 2.07. The average Bonchev–Trinajstić information content (AvgIpc) is 2.92. The highest BCUT2D eigenvalue weighted by atomic mass is 16.5. The number of β-amino-alcohol motifs (C(OH)–C–C–N with tert-alkyl or cyclic N) is 1. The summed E-state index contributed by atoms with van der Waals surface area (Å²) in [4.78, 5) is 13.9. The Morgan fingerprint density at radius 2 is 2.00 bits per heavy atom. The number of nitrogens with zero attached hydrogens (tertiary/aromatic N) is 4. The molecule has 2 aliphatic rings. The molecule has 2 saturated heterocycles. The lowest BCUT2D eigenvalue weighted by Crippen LogP contribution is -2.42. The van der Waals surface area contributed by atoms with Crippen LogP contribution in [0.1, 0.15) is 33.4 Å². The molecule has 0 aromatic carbocycles. The van der Waals surface area contributed by atoms with Crippen molar-refractivity contribution in [2.45, 2.75) is 39.7 Å². The van der Waals surface area contributed by atoms with Crippen LogP contribution in [0.2, 0.25) is 0 Å². The lowest BCUT2D eigenvalue weighted by atomic mass is 9.82. The number of aryl methyl sites for hydroxylation is 1. The van der Waals surface area contributed by atoms with Gasteiger partial charge in [0.1, 0.15) is 5.82 Å². The Morgan fingerprint density at radius 3 is 2.58 bits per heavy atom. The standard InChI is InChI=1S/C18H30N4O2/c1-5-15-10-16(20-17(19-15)21-6-8-24-9-7-21)22-11-14(4)18(23,12-22)13(2)3/h10,13-14,23H,5-9,11-12H2,1-4H3. The highest BCUT2D eigenvalue weighted by molar-refractivity contribution is 5.48. The van der Waals surface area contributed by atoms with Gasteiger partial charge in [0.05, 0.1) is 18.8 Å². The van der Waals surface area contributed by atoms with Crippen molar-refractivity contribution in [1.82, 2.24) is 9.97 Å². The van der Waals surface area contributed by atoms with Crippen LogP contribution >= 0.6 is 0 Å². The van der Waals surface area contributed by atoms with Crippen molar-refractivity contribution in [1.29, 1.82) is 0 Å². The first-order valence-corrected chi connectivity index (χ1v) is 9.12. The van der Waals surface area contributed by atoms with Gasteiger partial charge in [0, 0.05) is 43.9 Å². The molecule has 0 radical (unpaired) electrons. The van der Waals surface area contributed by atoms with E-state index in [1.807, 2.05) is 0 Å². The molecular formula is C18H30N4O2. The van der Waals surface area contributed by atoms with Gasteiger partial charge >= 0.3 is 0 Å². The Hall–Kier alpha value is -1.40. The Morgan fingerprint density at radius 1 is 1.29 bits per heavy atom. The highest BCUT2D eigenvalue weighted by Crippen LogP contribution is 2.36. The lowest BCUT2D eigenvalue weighted by molar-refractivity contribution is -0.0187. The Balaban J connectivity index is 1.88. The van der Waals surface area contributed by atoms with Crippen LogP contribution in [0.25, 0.3) is 0 Å². The van der Waals surface area contributed by atoms with Crippen molar-refractivity contribution in [3.05, 3.63) is 11.8 Å². The molecule has 0 amide bonds. The summed E-state index contributed by atoms with van der Waals surface area (Å²) in [5, 5.41) is 11.0. The number of morpholine rings is 1. The Kier molecular flexibility index (Phi) is 4.97. The molecule has 0 saturated carbocycles. The molecule has 0 spiro atoms. The van der Waals surface area contributed by atoms with E-state index in [1.165, 1.54) is 0 Å². The number of rotatable bonds is 4. The Bertz CT molecular complexity index is 574. The highest BCUT2D eigenvalue weighted by Gasteiger charge is 2.45. The van der Waals surface area contributed by atoms with Crippen molar-refractivity contribution in [2.24, 2.45) is 11.8 Å². The van der Waals surface area contributed by atoms with E-state index in [-0.39, 0.29) is 11.8 Å². The summed E-state index contributed by atoms with van der Waals surface area (Å²) in [5.74, 6) is 2.18. The van der Waals surface area contributed by atoms with Gasteiger partial charge in [-0.1, -0.05) is 27.7 Å². The van der Waals surface area contributed by atoms with Crippen molar-refractivity contribution < 1.29 is 9.84 Å². The van der Waals surface area contributed by atoms with Crippen molar-refractivity contribution >= 4 is 11.8 Å². The van der Waals surface area contributed by atoms with Gasteiger partial charge in [-0.15, -0.1) is 0 Å². The molecule has 2 atom stereocenters. The fourth-order valence-electron chi connectivity index (χ4n) is 3.66. The molecule has 24 heavy (non-hydrogen) atoms. The van der Waals surface area contributed by atoms with Crippen LogP contribution in [0.3, 0.4) is 0 Å². The molecule has 6 nitrogen and oxygen atoms in total. The molecule has 3 heterocycles. The molecule has 1 N–H and O–H groups in total. The molecular weight excluding hydrogens is 304 g/mol. The fraction of sp³-hybridized carbons (Fsp3) is 0.778. The van der Waals surface area contributed by atoms with Crippen LogP contribution in [-0.4, -0.2) is 60.1 Å². The van der Waals surface area contributed by atoms with E-state index in [4.69, 9.17) is 14.7 Å². The largest absolute Gasteiger partial charge is 0.387 e. The quantitative estimate of drug-likeness (QED) is 0.905. The monoisotopic (exact) mass is 334 g/mol. The van der Waals surface area contributed by atoms with E-state index >= 15 is 0 Å². The summed E-state index contributed by atoms with van der Waals surface area (Å²) >= 11 is 0. The molecule has 1 aromatic rings. The second-order valence-corrected chi connectivity index (χ2v) is 7.40. The predicted octanol–water partition coefficient (Wildman–Crippen LogP) is 1.72. The topological polar surface area (TPSA) is 61.7 Å². The minimum atomic E-state index is -0.656. The first-order valence-electron chi connectivity index (χ1n) is 9.12. The van der Waals surface area contributed by atoms with Crippen molar-refractivity contribution in [2.75, 3.05) is 49.2 Å². The third-order valence-corrected chi connectivity index (χ3v) is 5.53. The van der Waals surface area contributed by atoms with Gasteiger partial charge in [0.2, 0.25) is 5.95 Å². The number of aromatic nitrogens is 2. The predicted molar refractivity (Wildman–Crippen MR) is 95.6 cm³/mol. The third-order valence-electron chi connectivity index (χ3n) is 5.53.